The molecule has 0 spiro atoms. The van der Waals surface area contributed by atoms with Crippen LogP contribution in [-0.2, 0) is 10.0 Å². The fourth-order valence-electron chi connectivity index (χ4n) is 3.24. The highest BCUT2D eigenvalue weighted by atomic mass is 32.2. The molecule has 26 heavy (non-hydrogen) atoms. The number of hydrogen-bond acceptors (Lipinski definition) is 5. The Balaban J connectivity index is 1.76. The molecule has 2 atom stereocenters. The zero-order valence-electron chi connectivity index (χ0n) is 14.2. The van der Waals surface area contributed by atoms with E-state index in [1.54, 1.807) is 4.68 Å². The number of hydrogen-bond donors (Lipinski definition) is 2. The quantitative estimate of drug-likeness (QED) is 0.738. The van der Waals surface area contributed by atoms with Crippen LogP contribution in [-0.4, -0.2) is 29.4 Å². The summed E-state index contributed by atoms with van der Waals surface area (Å²) in [5.41, 5.74) is 2.26. The monoisotopic (exact) mass is 369 g/mol. The predicted molar refractivity (Wildman–Crippen MR) is 100 cm³/mol. The van der Waals surface area contributed by atoms with E-state index in [1.165, 1.54) is 0 Å². The fraction of sp³-hybridized carbons (Fsp3) is 0.222. The van der Waals surface area contributed by atoms with Crippen molar-refractivity contribution >= 4 is 21.9 Å². The molecule has 1 aliphatic heterocycles. The van der Waals surface area contributed by atoms with Gasteiger partial charge in [0, 0.05) is 0 Å². The molecule has 0 saturated heterocycles. The van der Waals surface area contributed by atoms with Crippen molar-refractivity contribution in [3.63, 3.8) is 0 Å². The molecule has 1 aliphatic rings. The van der Waals surface area contributed by atoms with E-state index in [1.807, 2.05) is 48.5 Å². The number of fused-ring (bicyclic) bond motifs is 1. The maximum atomic E-state index is 11.5. The Morgan fingerprint density at radius 3 is 2.27 bits per heavy atom. The first-order valence-electron chi connectivity index (χ1n) is 8.30. The maximum Gasteiger partial charge on any atom is 0.257 e. The lowest BCUT2D eigenvalue weighted by atomic mass is 9.93. The largest absolute Gasteiger partial charge is 0.347 e. The summed E-state index contributed by atoms with van der Waals surface area (Å²) in [5, 5.41) is 7.75. The van der Waals surface area contributed by atoms with Crippen molar-refractivity contribution < 1.29 is 8.42 Å². The summed E-state index contributed by atoms with van der Waals surface area (Å²) in [6.45, 7) is 0. The van der Waals surface area contributed by atoms with Crippen LogP contribution in [0.2, 0.25) is 0 Å². The van der Waals surface area contributed by atoms with Gasteiger partial charge >= 0.3 is 0 Å². The first kappa shape index (κ1) is 16.6. The lowest BCUT2D eigenvalue weighted by Crippen LogP contribution is -2.28. The number of sulfonamides is 1. The van der Waals surface area contributed by atoms with Crippen molar-refractivity contribution in [2.75, 3.05) is 16.3 Å². The molecule has 0 saturated carbocycles. The molecule has 0 fully saturated rings. The molecular formula is C18H19N5O2S. The zero-order chi connectivity index (χ0) is 18.1. The van der Waals surface area contributed by atoms with Crippen LogP contribution in [0.15, 0.2) is 60.7 Å². The minimum Gasteiger partial charge on any atom is -0.347 e. The maximum absolute atomic E-state index is 11.5. The standard InChI is InChI=1S/C18H19N5O2S/c1-26(24,25)22-17-20-18-19-15(13-8-4-2-5-9-13)12-16(23(18)21-17)14-10-6-3-7-11-14/h2-11,15-16H,12H2,1H3,(H2,19,20,21,22)/t15-,16-/m1/s1. The third kappa shape index (κ3) is 3.41. The van der Waals surface area contributed by atoms with Gasteiger partial charge in [-0.3, -0.25) is 4.72 Å². The van der Waals surface area contributed by atoms with Crippen LogP contribution < -0.4 is 10.0 Å². The van der Waals surface area contributed by atoms with E-state index >= 15 is 0 Å². The van der Waals surface area contributed by atoms with E-state index in [0.29, 0.717) is 5.95 Å². The first-order chi connectivity index (χ1) is 12.5. The van der Waals surface area contributed by atoms with Crippen LogP contribution in [0.1, 0.15) is 29.6 Å². The molecule has 0 radical (unpaired) electrons. The first-order valence-corrected chi connectivity index (χ1v) is 10.2. The third-order valence-corrected chi connectivity index (χ3v) is 4.91. The number of nitrogens with one attached hydrogen (secondary N) is 2. The molecule has 2 N–H and O–H groups in total. The average Bonchev–Trinajstić information content (AvgIpc) is 3.02. The van der Waals surface area contributed by atoms with E-state index in [4.69, 9.17) is 0 Å². The van der Waals surface area contributed by atoms with E-state index in [9.17, 15) is 8.42 Å². The molecule has 1 aromatic heterocycles. The number of rotatable bonds is 4. The molecule has 8 heteroatoms. The Labute approximate surface area is 152 Å². The van der Waals surface area contributed by atoms with Crippen molar-refractivity contribution in [3.05, 3.63) is 71.8 Å². The Morgan fingerprint density at radius 1 is 1.04 bits per heavy atom. The van der Waals surface area contributed by atoms with Gasteiger partial charge in [-0.2, -0.15) is 4.98 Å². The van der Waals surface area contributed by atoms with Gasteiger partial charge in [0.2, 0.25) is 16.0 Å². The van der Waals surface area contributed by atoms with Crippen LogP contribution in [0.4, 0.5) is 11.9 Å². The van der Waals surface area contributed by atoms with Gasteiger partial charge in [0.15, 0.2) is 0 Å². The van der Waals surface area contributed by atoms with Gasteiger partial charge in [-0.05, 0) is 17.5 Å². The lowest BCUT2D eigenvalue weighted by molar-refractivity contribution is 0.431. The summed E-state index contributed by atoms with van der Waals surface area (Å²) < 4.78 is 27.2. The van der Waals surface area contributed by atoms with Gasteiger partial charge in [0.05, 0.1) is 18.3 Å². The van der Waals surface area contributed by atoms with Crippen molar-refractivity contribution in [2.45, 2.75) is 18.5 Å². The molecule has 2 heterocycles. The van der Waals surface area contributed by atoms with Crippen LogP contribution >= 0.6 is 0 Å². The SMILES string of the molecule is CS(=O)(=O)Nc1nc2n(n1)[C@@H](c1ccccc1)C[C@H](c1ccccc1)N2. The summed E-state index contributed by atoms with van der Waals surface area (Å²) in [6.07, 6.45) is 1.87. The topological polar surface area (TPSA) is 88.9 Å². The smallest absolute Gasteiger partial charge is 0.257 e. The summed E-state index contributed by atoms with van der Waals surface area (Å²) in [5.74, 6) is 0.620. The minimum atomic E-state index is -3.44. The van der Waals surface area contributed by atoms with E-state index in [0.717, 1.165) is 23.8 Å². The highest BCUT2D eigenvalue weighted by Crippen LogP contribution is 2.38. The van der Waals surface area contributed by atoms with Crippen LogP contribution in [0, 0.1) is 0 Å². The average molecular weight is 369 g/mol. The van der Waals surface area contributed by atoms with Crippen molar-refractivity contribution in [2.24, 2.45) is 0 Å². The Bertz CT molecular complexity index is 1000. The molecule has 0 unspecified atom stereocenters. The summed E-state index contributed by atoms with van der Waals surface area (Å²) in [7, 11) is -3.44. The summed E-state index contributed by atoms with van der Waals surface area (Å²) >= 11 is 0. The molecule has 7 nitrogen and oxygen atoms in total. The predicted octanol–water partition coefficient (Wildman–Crippen LogP) is 2.80. The highest BCUT2D eigenvalue weighted by molar-refractivity contribution is 7.91. The number of anilines is 2. The fourth-order valence-corrected chi connectivity index (χ4v) is 3.66. The Kier molecular flexibility index (Phi) is 4.12. The number of benzene rings is 2. The van der Waals surface area contributed by atoms with Gasteiger partial charge in [-0.1, -0.05) is 60.7 Å². The highest BCUT2D eigenvalue weighted by Gasteiger charge is 2.31. The second-order valence-electron chi connectivity index (χ2n) is 6.35. The van der Waals surface area contributed by atoms with Crippen molar-refractivity contribution in [1.82, 2.24) is 14.8 Å². The van der Waals surface area contributed by atoms with Crippen LogP contribution in [0.25, 0.3) is 0 Å². The van der Waals surface area contributed by atoms with Gasteiger partial charge in [0.25, 0.3) is 5.95 Å². The van der Waals surface area contributed by atoms with Crippen LogP contribution in [0.3, 0.4) is 0 Å². The van der Waals surface area contributed by atoms with E-state index < -0.39 is 10.0 Å². The Morgan fingerprint density at radius 2 is 1.65 bits per heavy atom. The molecule has 3 aromatic rings. The van der Waals surface area contributed by atoms with Crippen LogP contribution in [0.5, 0.6) is 0 Å². The second-order valence-corrected chi connectivity index (χ2v) is 8.10. The third-order valence-electron chi connectivity index (χ3n) is 4.35. The minimum absolute atomic E-state index is 0.0414. The molecule has 0 aliphatic carbocycles. The zero-order valence-corrected chi connectivity index (χ0v) is 15.0. The lowest BCUT2D eigenvalue weighted by Gasteiger charge is -2.31. The van der Waals surface area contributed by atoms with E-state index in [-0.39, 0.29) is 18.0 Å². The van der Waals surface area contributed by atoms with Crippen molar-refractivity contribution in [1.29, 1.82) is 0 Å². The molecule has 4 rings (SSSR count). The Hall–Kier alpha value is -2.87. The second kappa shape index (κ2) is 6.45. The normalized spacial score (nSPS) is 19.4. The van der Waals surface area contributed by atoms with Gasteiger partial charge in [0.1, 0.15) is 0 Å². The summed E-state index contributed by atoms with van der Waals surface area (Å²) in [4.78, 5) is 4.34. The molecule has 0 amide bonds. The summed E-state index contributed by atoms with van der Waals surface area (Å²) in [6, 6.07) is 20.2. The van der Waals surface area contributed by atoms with E-state index in [2.05, 4.69) is 32.3 Å². The molecule has 2 aromatic carbocycles. The molecule has 134 valence electrons. The van der Waals surface area contributed by atoms with Gasteiger partial charge < -0.3 is 5.32 Å². The number of aromatic nitrogens is 3. The van der Waals surface area contributed by atoms with Gasteiger partial charge in [-0.25, -0.2) is 13.1 Å². The van der Waals surface area contributed by atoms with Crippen molar-refractivity contribution in [3.8, 4) is 0 Å². The molecule has 0 bridgehead atoms. The molecular weight excluding hydrogens is 350 g/mol. The number of nitrogens with zero attached hydrogens (tertiary/aromatic N) is 3. The van der Waals surface area contributed by atoms with Gasteiger partial charge in [-0.15, -0.1) is 5.10 Å².